The summed E-state index contributed by atoms with van der Waals surface area (Å²) in [7, 11) is 0. The van der Waals surface area contributed by atoms with Crippen molar-refractivity contribution in [3.8, 4) is 0 Å². The molecule has 0 amide bonds. The van der Waals surface area contributed by atoms with Crippen molar-refractivity contribution >= 4 is 0 Å². The topological polar surface area (TPSA) is 38.0 Å². The van der Waals surface area contributed by atoms with E-state index in [0.717, 1.165) is 19.5 Å². The first-order valence-corrected chi connectivity index (χ1v) is 5.65. The lowest BCUT2D eigenvalue weighted by Crippen LogP contribution is -2.22. The quantitative estimate of drug-likeness (QED) is 0.725. The maximum atomic E-state index is 5.47. The third kappa shape index (κ3) is 3.65. The van der Waals surface area contributed by atoms with Gasteiger partial charge in [-0.25, -0.2) is 0 Å². The van der Waals surface area contributed by atoms with Crippen molar-refractivity contribution in [3.63, 3.8) is 0 Å². The van der Waals surface area contributed by atoms with Crippen LogP contribution in [0.3, 0.4) is 0 Å². The van der Waals surface area contributed by atoms with Gasteiger partial charge >= 0.3 is 0 Å². The van der Waals surface area contributed by atoms with Crippen LogP contribution in [0.2, 0.25) is 0 Å². The Bertz CT molecular complexity index is 307. The van der Waals surface area contributed by atoms with E-state index in [1.54, 1.807) is 0 Å². The van der Waals surface area contributed by atoms with E-state index >= 15 is 0 Å². The molecule has 2 heteroatoms. The molecule has 0 aromatic heterocycles. The van der Waals surface area contributed by atoms with Gasteiger partial charge in [-0.1, -0.05) is 23.8 Å². The fraction of sp³-hybridized carbons (Fsp3) is 0.538. The first kappa shape index (κ1) is 12.2. The molecule has 0 aliphatic heterocycles. The predicted octanol–water partition coefficient (Wildman–Crippen LogP) is 2.30. The molecule has 15 heavy (non-hydrogen) atoms. The van der Waals surface area contributed by atoms with Crippen LogP contribution in [0, 0.1) is 13.8 Å². The zero-order valence-electron chi connectivity index (χ0n) is 10.0. The molecule has 0 aliphatic rings. The van der Waals surface area contributed by atoms with E-state index in [0.29, 0.717) is 6.04 Å². The summed E-state index contributed by atoms with van der Waals surface area (Å²) < 4.78 is 0. The summed E-state index contributed by atoms with van der Waals surface area (Å²) in [5.41, 5.74) is 9.54. The van der Waals surface area contributed by atoms with E-state index in [1.807, 2.05) is 0 Å². The summed E-state index contributed by atoms with van der Waals surface area (Å²) >= 11 is 0. The van der Waals surface area contributed by atoms with Gasteiger partial charge in [0.2, 0.25) is 0 Å². The molecule has 1 aromatic rings. The Morgan fingerprint density at radius 1 is 1.33 bits per heavy atom. The van der Waals surface area contributed by atoms with Gasteiger partial charge in [0.25, 0.3) is 0 Å². The van der Waals surface area contributed by atoms with Gasteiger partial charge in [0.05, 0.1) is 0 Å². The minimum absolute atomic E-state index is 0.413. The van der Waals surface area contributed by atoms with E-state index in [9.17, 15) is 0 Å². The first-order valence-electron chi connectivity index (χ1n) is 5.65. The zero-order chi connectivity index (χ0) is 11.3. The first-order chi connectivity index (χ1) is 7.15. The molecule has 0 fully saturated rings. The average Bonchev–Trinajstić information content (AvgIpc) is 2.22. The third-order valence-corrected chi connectivity index (χ3v) is 2.73. The van der Waals surface area contributed by atoms with Crippen LogP contribution in [0.1, 0.15) is 36.1 Å². The largest absolute Gasteiger partial charge is 0.330 e. The molecule has 1 atom stereocenters. The molecule has 0 aliphatic carbocycles. The molecule has 1 aromatic carbocycles. The fourth-order valence-electron chi connectivity index (χ4n) is 1.76. The van der Waals surface area contributed by atoms with E-state index < -0.39 is 0 Å². The second-order valence-electron chi connectivity index (χ2n) is 4.18. The van der Waals surface area contributed by atoms with E-state index in [-0.39, 0.29) is 0 Å². The van der Waals surface area contributed by atoms with E-state index in [4.69, 9.17) is 5.73 Å². The number of rotatable bonds is 5. The minimum Gasteiger partial charge on any atom is -0.330 e. The zero-order valence-corrected chi connectivity index (χ0v) is 10.0. The van der Waals surface area contributed by atoms with Gasteiger partial charge < -0.3 is 11.1 Å². The second kappa shape index (κ2) is 5.89. The van der Waals surface area contributed by atoms with Crippen molar-refractivity contribution in [2.45, 2.75) is 33.2 Å². The maximum Gasteiger partial charge on any atom is 0.0294 e. The number of nitrogens with one attached hydrogen (secondary N) is 1. The molecular formula is C13H22N2. The molecule has 0 radical (unpaired) electrons. The van der Waals surface area contributed by atoms with Gasteiger partial charge in [0.15, 0.2) is 0 Å². The molecule has 0 spiro atoms. The van der Waals surface area contributed by atoms with Crippen molar-refractivity contribution in [2.75, 3.05) is 13.1 Å². The van der Waals surface area contributed by atoms with Crippen molar-refractivity contribution in [1.82, 2.24) is 5.32 Å². The van der Waals surface area contributed by atoms with E-state index in [1.165, 1.54) is 16.7 Å². The highest BCUT2D eigenvalue weighted by Gasteiger charge is 2.07. The molecular weight excluding hydrogens is 184 g/mol. The van der Waals surface area contributed by atoms with Crippen LogP contribution >= 0.6 is 0 Å². The summed E-state index contributed by atoms with van der Waals surface area (Å²) in [5.74, 6) is 0. The Labute approximate surface area is 92.9 Å². The molecule has 1 rings (SSSR count). The summed E-state index contributed by atoms with van der Waals surface area (Å²) in [4.78, 5) is 0. The standard InChI is InChI=1S/C13H22N2/c1-10-5-6-11(2)13(9-10)12(3)15-8-4-7-14/h5-6,9,12,15H,4,7-8,14H2,1-3H3. The van der Waals surface area contributed by atoms with Gasteiger partial charge in [-0.2, -0.15) is 0 Å². The molecule has 0 heterocycles. The lowest BCUT2D eigenvalue weighted by Gasteiger charge is -2.17. The third-order valence-electron chi connectivity index (χ3n) is 2.73. The van der Waals surface area contributed by atoms with Gasteiger partial charge in [0.1, 0.15) is 0 Å². The SMILES string of the molecule is Cc1ccc(C)c(C(C)NCCCN)c1. The van der Waals surface area contributed by atoms with Gasteiger partial charge in [-0.3, -0.25) is 0 Å². The number of hydrogen-bond acceptors (Lipinski definition) is 2. The van der Waals surface area contributed by atoms with Crippen molar-refractivity contribution < 1.29 is 0 Å². The molecule has 3 N–H and O–H groups in total. The van der Waals surface area contributed by atoms with Gasteiger partial charge in [-0.15, -0.1) is 0 Å². The molecule has 1 unspecified atom stereocenters. The second-order valence-corrected chi connectivity index (χ2v) is 4.18. The van der Waals surface area contributed by atoms with Gasteiger partial charge in [-0.05, 0) is 51.4 Å². The van der Waals surface area contributed by atoms with Crippen molar-refractivity contribution in [3.05, 3.63) is 34.9 Å². The summed E-state index contributed by atoms with van der Waals surface area (Å²) in [5, 5.41) is 3.49. The van der Waals surface area contributed by atoms with Gasteiger partial charge in [0, 0.05) is 6.04 Å². The highest BCUT2D eigenvalue weighted by atomic mass is 14.9. The fourth-order valence-corrected chi connectivity index (χ4v) is 1.76. The summed E-state index contributed by atoms with van der Waals surface area (Å²) in [6.45, 7) is 8.25. The van der Waals surface area contributed by atoms with Crippen LogP contribution in [0.5, 0.6) is 0 Å². The van der Waals surface area contributed by atoms with Crippen LogP contribution < -0.4 is 11.1 Å². The van der Waals surface area contributed by atoms with Crippen LogP contribution in [0.25, 0.3) is 0 Å². The number of hydrogen-bond donors (Lipinski definition) is 2. The minimum atomic E-state index is 0.413. The Kier molecular flexibility index (Phi) is 4.79. The Balaban J connectivity index is 2.64. The maximum absolute atomic E-state index is 5.47. The number of benzene rings is 1. The van der Waals surface area contributed by atoms with Crippen molar-refractivity contribution in [2.24, 2.45) is 5.73 Å². The molecule has 0 bridgehead atoms. The number of nitrogens with two attached hydrogens (primary N) is 1. The summed E-state index contributed by atoms with van der Waals surface area (Å²) in [6, 6.07) is 7.02. The lowest BCUT2D eigenvalue weighted by molar-refractivity contribution is 0.559. The molecule has 0 saturated heterocycles. The highest BCUT2D eigenvalue weighted by molar-refractivity contribution is 5.32. The monoisotopic (exact) mass is 206 g/mol. The Morgan fingerprint density at radius 2 is 2.07 bits per heavy atom. The average molecular weight is 206 g/mol. The normalized spacial score (nSPS) is 12.8. The predicted molar refractivity (Wildman–Crippen MR) is 66.0 cm³/mol. The Hall–Kier alpha value is -0.860. The van der Waals surface area contributed by atoms with E-state index in [2.05, 4.69) is 44.3 Å². The number of aryl methyl sites for hydroxylation is 2. The van der Waals surface area contributed by atoms with Crippen LogP contribution in [0.15, 0.2) is 18.2 Å². The summed E-state index contributed by atoms with van der Waals surface area (Å²) in [6.07, 6.45) is 1.04. The van der Waals surface area contributed by atoms with Crippen molar-refractivity contribution in [1.29, 1.82) is 0 Å². The Morgan fingerprint density at radius 3 is 2.73 bits per heavy atom. The van der Waals surface area contributed by atoms with Crippen LogP contribution in [-0.4, -0.2) is 13.1 Å². The van der Waals surface area contributed by atoms with Crippen LogP contribution in [-0.2, 0) is 0 Å². The van der Waals surface area contributed by atoms with Crippen LogP contribution in [0.4, 0.5) is 0 Å². The smallest absolute Gasteiger partial charge is 0.0294 e. The molecule has 2 nitrogen and oxygen atoms in total. The molecule has 0 saturated carbocycles. The lowest BCUT2D eigenvalue weighted by atomic mass is 10.00. The highest BCUT2D eigenvalue weighted by Crippen LogP contribution is 2.18. The molecule has 84 valence electrons.